The zero-order chi connectivity index (χ0) is 40.6. The number of benzene rings is 4. The Labute approximate surface area is 322 Å². The minimum Gasteiger partial charge on any atom is -0.497 e. The van der Waals surface area contributed by atoms with E-state index in [4.69, 9.17) is 18.8 Å². The number of nitrogens with zero attached hydrogens (tertiary/aromatic N) is 3. The number of hydrogen-bond donors (Lipinski definition) is 3. The zero-order valence-electron chi connectivity index (χ0n) is 31.1. The summed E-state index contributed by atoms with van der Waals surface area (Å²) in [6.07, 6.45) is 0.941. The predicted molar refractivity (Wildman–Crippen MR) is 208 cm³/mol. The number of para-hydroxylation sites is 1. The SMILES string of the molecule is CNCC(=O)OC(C)Cn1c(C)c(C(=O)Nc2ccc(Oc3ccnc4cc(OC)ccc34)c(F)c2)c(=O)n1-c1ccccc1.Cc1ccc(S(=O)(=O)O)cc1. The predicted octanol–water partition coefficient (Wildman–Crippen LogP) is 6.08. The lowest BCUT2D eigenvalue weighted by molar-refractivity contribution is -0.147. The standard InChI is InChI=1S/C33H32FN5O6.C7H8O3S/c1-20(44-30(40)18-35-3)19-38-21(2)31(33(42)39(38)23-8-6-5-7-9-23)32(41)37-22-10-13-29(26(34)16-22)45-28-14-15-36-27-17-24(43-4)11-12-25(27)28;1-6-2-4-7(5-3-6)11(8,9)10/h5-17,20,35H,18-19H2,1-4H3,(H,37,41);2-5H,1H3,(H,8,9,10). The fourth-order valence-corrected chi connectivity index (χ4v) is 6.13. The Morgan fingerprint density at radius 2 is 1.66 bits per heavy atom. The van der Waals surface area contributed by atoms with Crippen molar-refractivity contribution in [2.75, 3.05) is 26.0 Å². The van der Waals surface area contributed by atoms with Gasteiger partial charge in [-0.3, -0.25) is 28.6 Å². The van der Waals surface area contributed by atoms with Gasteiger partial charge >= 0.3 is 5.97 Å². The van der Waals surface area contributed by atoms with Crippen molar-refractivity contribution >= 4 is 38.6 Å². The van der Waals surface area contributed by atoms with Crippen LogP contribution in [0.5, 0.6) is 17.2 Å². The van der Waals surface area contributed by atoms with Gasteiger partial charge in [0.15, 0.2) is 11.6 Å². The molecule has 0 aliphatic heterocycles. The maximum atomic E-state index is 15.2. The van der Waals surface area contributed by atoms with Gasteiger partial charge in [0.05, 0.1) is 42.0 Å². The highest BCUT2D eigenvalue weighted by atomic mass is 32.2. The van der Waals surface area contributed by atoms with Crippen molar-refractivity contribution in [1.29, 1.82) is 0 Å². The highest BCUT2D eigenvalue weighted by molar-refractivity contribution is 7.85. The van der Waals surface area contributed by atoms with Crippen LogP contribution >= 0.6 is 0 Å². The summed E-state index contributed by atoms with van der Waals surface area (Å²) in [6, 6.07) is 25.7. The average molecular weight is 786 g/mol. The molecule has 1 amide bonds. The van der Waals surface area contributed by atoms with Crippen molar-refractivity contribution in [3.05, 3.63) is 136 Å². The van der Waals surface area contributed by atoms with E-state index in [0.29, 0.717) is 33.8 Å². The highest BCUT2D eigenvalue weighted by Crippen LogP contribution is 2.33. The van der Waals surface area contributed by atoms with E-state index in [1.54, 1.807) is 106 Å². The number of amides is 1. The number of halogens is 1. The Kier molecular flexibility index (Phi) is 13.0. The molecule has 1 atom stereocenters. The number of methoxy groups -OCH3 is 1. The van der Waals surface area contributed by atoms with E-state index in [1.165, 1.54) is 28.9 Å². The van der Waals surface area contributed by atoms with Crippen molar-refractivity contribution in [3.63, 3.8) is 0 Å². The number of aromatic nitrogens is 3. The number of aryl methyl sites for hydroxylation is 1. The van der Waals surface area contributed by atoms with Gasteiger partial charge in [0.1, 0.15) is 23.2 Å². The van der Waals surface area contributed by atoms with Crippen LogP contribution < -0.4 is 25.7 Å². The number of fused-ring (bicyclic) bond motifs is 1. The highest BCUT2D eigenvalue weighted by Gasteiger charge is 2.26. The Morgan fingerprint density at radius 3 is 2.30 bits per heavy atom. The summed E-state index contributed by atoms with van der Waals surface area (Å²) in [5.41, 5.74) is 1.86. The molecule has 6 aromatic rings. The number of esters is 1. The van der Waals surface area contributed by atoms with Crippen LogP contribution in [-0.4, -0.2) is 66.0 Å². The smallest absolute Gasteiger partial charge is 0.320 e. The van der Waals surface area contributed by atoms with Crippen LogP contribution in [0.4, 0.5) is 10.1 Å². The summed E-state index contributed by atoms with van der Waals surface area (Å²) in [5.74, 6) is -0.938. The molecule has 56 heavy (non-hydrogen) atoms. The van der Waals surface area contributed by atoms with Crippen LogP contribution in [-0.2, 0) is 26.2 Å². The summed E-state index contributed by atoms with van der Waals surface area (Å²) in [7, 11) is -0.833. The quantitative estimate of drug-likeness (QED) is 0.0967. The maximum Gasteiger partial charge on any atom is 0.320 e. The third-order valence-electron chi connectivity index (χ3n) is 8.35. The summed E-state index contributed by atoms with van der Waals surface area (Å²) >= 11 is 0. The first kappa shape index (κ1) is 40.8. The normalized spacial score (nSPS) is 11.6. The van der Waals surface area contributed by atoms with Crippen LogP contribution in [0.3, 0.4) is 0 Å². The first-order valence-electron chi connectivity index (χ1n) is 17.2. The van der Waals surface area contributed by atoms with Gasteiger partial charge < -0.3 is 24.8 Å². The largest absolute Gasteiger partial charge is 0.497 e. The number of rotatable bonds is 12. The molecule has 14 nitrogen and oxygen atoms in total. The van der Waals surface area contributed by atoms with Crippen molar-refractivity contribution in [2.45, 2.75) is 38.3 Å². The molecular formula is C40H40FN5O9S. The number of nitrogens with one attached hydrogen (secondary N) is 2. The van der Waals surface area contributed by atoms with Gasteiger partial charge in [-0.1, -0.05) is 35.9 Å². The monoisotopic (exact) mass is 785 g/mol. The molecule has 3 N–H and O–H groups in total. The maximum absolute atomic E-state index is 15.2. The lowest BCUT2D eigenvalue weighted by atomic mass is 10.2. The number of hydrogen-bond acceptors (Lipinski definition) is 10. The van der Waals surface area contributed by atoms with Crippen LogP contribution in [0.15, 0.2) is 113 Å². The molecule has 6 rings (SSSR count). The molecule has 0 saturated carbocycles. The molecule has 16 heteroatoms. The number of carbonyl (C=O) groups is 2. The van der Waals surface area contributed by atoms with Crippen molar-refractivity contribution in [1.82, 2.24) is 19.7 Å². The van der Waals surface area contributed by atoms with E-state index in [2.05, 4.69) is 15.6 Å². The van der Waals surface area contributed by atoms with Gasteiger partial charge in [-0.25, -0.2) is 9.07 Å². The number of anilines is 1. The molecule has 0 bridgehead atoms. The molecule has 2 aromatic heterocycles. The van der Waals surface area contributed by atoms with Crippen molar-refractivity contribution in [3.8, 4) is 22.9 Å². The van der Waals surface area contributed by atoms with Crippen LogP contribution in [0.1, 0.15) is 28.5 Å². The van der Waals surface area contributed by atoms with Crippen molar-refractivity contribution in [2.24, 2.45) is 0 Å². The Hall–Kier alpha value is -6.36. The van der Waals surface area contributed by atoms with Gasteiger partial charge in [0.25, 0.3) is 21.6 Å². The van der Waals surface area contributed by atoms with E-state index in [0.717, 1.165) is 11.6 Å². The Morgan fingerprint density at radius 1 is 0.946 bits per heavy atom. The van der Waals surface area contributed by atoms with Gasteiger partial charge in [0, 0.05) is 29.4 Å². The molecule has 0 fully saturated rings. The molecule has 4 aromatic carbocycles. The van der Waals surface area contributed by atoms with Gasteiger partial charge in [0.2, 0.25) is 0 Å². The Balaban J connectivity index is 0.000000470. The molecule has 292 valence electrons. The molecular weight excluding hydrogens is 746 g/mol. The second-order valence-corrected chi connectivity index (χ2v) is 13.9. The summed E-state index contributed by atoms with van der Waals surface area (Å²) in [6.45, 7) is 5.31. The minimum absolute atomic E-state index is 0.0307. The van der Waals surface area contributed by atoms with E-state index in [1.807, 2.05) is 6.92 Å². The molecule has 1 unspecified atom stereocenters. The third-order valence-corrected chi connectivity index (χ3v) is 9.21. The molecule has 0 aliphatic rings. The first-order valence-corrected chi connectivity index (χ1v) is 18.6. The zero-order valence-corrected chi connectivity index (χ0v) is 32.0. The second-order valence-electron chi connectivity index (χ2n) is 12.5. The molecule has 2 heterocycles. The van der Waals surface area contributed by atoms with E-state index < -0.39 is 39.5 Å². The fraction of sp³-hybridized carbons (Fsp3) is 0.200. The van der Waals surface area contributed by atoms with Crippen LogP contribution in [0.25, 0.3) is 16.6 Å². The summed E-state index contributed by atoms with van der Waals surface area (Å²) in [4.78, 5) is 43.4. The molecule has 0 radical (unpaired) electrons. The summed E-state index contributed by atoms with van der Waals surface area (Å²) in [5, 5.41) is 6.03. The van der Waals surface area contributed by atoms with Gasteiger partial charge in [-0.2, -0.15) is 8.42 Å². The molecule has 0 saturated heterocycles. The number of carbonyl (C=O) groups excluding carboxylic acids is 2. The second kappa shape index (κ2) is 17.9. The Bertz CT molecular complexity index is 2520. The number of pyridine rings is 1. The third kappa shape index (κ3) is 9.84. The lowest BCUT2D eigenvalue weighted by Crippen LogP contribution is -2.30. The van der Waals surface area contributed by atoms with Gasteiger partial charge in [-0.15, -0.1) is 0 Å². The fourth-order valence-electron chi connectivity index (χ4n) is 5.65. The topological polar surface area (TPSA) is 180 Å². The number of likely N-dealkylation sites (N-methyl/N-ethyl adjacent to an activating group) is 1. The van der Waals surface area contributed by atoms with Crippen molar-refractivity contribution < 1.29 is 41.2 Å². The summed E-state index contributed by atoms with van der Waals surface area (Å²) < 4.78 is 64.3. The average Bonchev–Trinajstić information content (AvgIpc) is 3.40. The van der Waals surface area contributed by atoms with Crippen LogP contribution in [0, 0.1) is 19.7 Å². The number of ether oxygens (including phenoxy) is 3. The van der Waals surface area contributed by atoms with E-state index >= 15 is 4.39 Å². The van der Waals surface area contributed by atoms with E-state index in [-0.39, 0.29) is 35.0 Å². The molecule has 0 aliphatic carbocycles. The minimum atomic E-state index is -4.02. The van der Waals surface area contributed by atoms with E-state index in [9.17, 15) is 22.8 Å². The first-order chi connectivity index (χ1) is 26.7. The lowest BCUT2D eigenvalue weighted by Gasteiger charge is -2.18. The molecule has 0 spiro atoms. The van der Waals surface area contributed by atoms with Gasteiger partial charge in [-0.05, 0) is 82.4 Å². The van der Waals surface area contributed by atoms with Crippen LogP contribution in [0.2, 0.25) is 0 Å².